The summed E-state index contributed by atoms with van der Waals surface area (Å²) in [4.78, 5) is 26.6. The molecule has 3 aliphatic rings. The van der Waals surface area contributed by atoms with Crippen LogP contribution in [-0.2, 0) is 19.4 Å². The molecular formula is C30H36F2N2O4S. The van der Waals surface area contributed by atoms with Gasteiger partial charge in [-0.15, -0.1) is 0 Å². The monoisotopic (exact) mass is 558 g/mol. The fraction of sp³-hybridized carbons (Fsp3) is 0.400. The molecule has 0 unspecified atom stereocenters. The third-order valence-corrected chi connectivity index (χ3v) is 9.41. The molecule has 4 bridgehead atoms. The van der Waals surface area contributed by atoms with Gasteiger partial charge < -0.3 is 10.2 Å². The molecule has 0 heterocycles. The quantitative estimate of drug-likeness (QED) is 0.185. The Balaban J connectivity index is 1.68. The van der Waals surface area contributed by atoms with E-state index in [1.165, 1.54) is 42.7 Å². The Morgan fingerprint density at radius 3 is 2.18 bits per heavy atom. The van der Waals surface area contributed by atoms with Crippen LogP contribution in [0.2, 0.25) is 0 Å². The average Bonchev–Trinajstić information content (AvgIpc) is 3.40. The molecule has 0 aromatic heterocycles. The van der Waals surface area contributed by atoms with Crippen molar-refractivity contribution in [2.24, 2.45) is 5.92 Å². The summed E-state index contributed by atoms with van der Waals surface area (Å²) in [5, 5.41) is 2.20. The van der Waals surface area contributed by atoms with Gasteiger partial charge in [0.05, 0.1) is 6.54 Å². The number of allylic oxidation sites excluding steroid dienone is 7. The molecule has 210 valence electrons. The number of halogens is 2. The van der Waals surface area contributed by atoms with Crippen LogP contribution in [0, 0.1) is 5.92 Å². The van der Waals surface area contributed by atoms with E-state index in [0.29, 0.717) is 6.92 Å². The molecule has 0 aromatic rings. The second-order valence-corrected chi connectivity index (χ2v) is 12.4. The van der Waals surface area contributed by atoms with Crippen molar-refractivity contribution in [2.45, 2.75) is 57.1 Å². The van der Waals surface area contributed by atoms with E-state index in [0.717, 1.165) is 52.9 Å². The summed E-state index contributed by atoms with van der Waals surface area (Å²) in [6, 6.07) is 0. The van der Waals surface area contributed by atoms with E-state index >= 15 is 0 Å². The van der Waals surface area contributed by atoms with Gasteiger partial charge >= 0.3 is 0 Å². The number of carbonyl (C=O) groups excluding carboxylic acids is 2. The van der Waals surface area contributed by atoms with Crippen molar-refractivity contribution in [3.8, 4) is 0 Å². The predicted octanol–water partition coefficient (Wildman–Crippen LogP) is 5.47. The molecule has 39 heavy (non-hydrogen) atoms. The van der Waals surface area contributed by atoms with Crippen molar-refractivity contribution >= 4 is 21.7 Å². The number of alkyl halides is 2. The summed E-state index contributed by atoms with van der Waals surface area (Å²) in [6.45, 7) is 12.4. The van der Waals surface area contributed by atoms with E-state index < -0.39 is 33.5 Å². The summed E-state index contributed by atoms with van der Waals surface area (Å²) in [6.07, 6.45) is 13.1. The lowest BCUT2D eigenvalue weighted by Gasteiger charge is -2.27. The number of hydrogen-bond donors (Lipinski definition) is 1. The van der Waals surface area contributed by atoms with Crippen LogP contribution in [-0.4, -0.2) is 48.6 Å². The second-order valence-electron chi connectivity index (χ2n) is 9.99. The number of nitrogens with zero attached hydrogens (tertiary/aromatic N) is 1. The van der Waals surface area contributed by atoms with Gasteiger partial charge in [0.1, 0.15) is 5.25 Å². The number of nitrogens with one attached hydrogen (secondary N) is 1. The predicted molar refractivity (Wildman–Crippen MR) is 150 cm³/mol. The van der Waals surface area contributed by atoms with Crippen LogP contribution in [0.25, 0.3) is 0 Å². The maximum atomic E-state index is 13.8. The highest BCUT2D eigenvalue weighted by Gasteiger charge is 2.47. The zero-order valence-electron chi connectivity index (χ0n) is 22.5. The first-order valence-electron chi connectivity index (χ1n) is 13.0. The third kappa shape index (κ3) is 6.82. The van der Waals surface area contributed by atoms with Crippen LogP contribution in [0.1, 0.15) is 46.0 Å². The van der Waals surface area contributed by atoms with E-state index in [4.69, 9.17) is 0 Å². The first kappa shape index (κ1) is 30.2. The SMILES string of the molecule is C=C/C=C\C(=C)N(CC(C)(F)F)C(=O)/C(C=C)=C/C=C/NC(=O)CC1C2=C3CCC(=C1CC2)C3S(=O)(=O)CC. The first-order chi connectivity index (χ1) is 18.3. The van der Waals surface area contributed by atoms with E-state index in [1.807, 2.05) is 0 Å². The van der Waals surface area contributed by atoms with Crippen LogP contribution in [0.5, 0.6) is 0 Å². The molecule has 6 nitrogen and oxygen atoms in total. The largest absolute Gasteiger partial charge is 0.333 e. The molecule has 0 saturated heterocycles. The van der Waals surface area contributed by atoms with Crippen molar-refractivity contribution < 1.29 is 26.8 Å². The summed E-state index contributed by atoms with van der Waals surface area (Å²) in [5.74, 6) is -4.06. The van der Waals surface area contributed by atoms with Crippen molar-refractivity contribution in [1.82, 2.24) is 10.2 Å². The number of hydrogen-bond acceptors (Lipinski definition) is 4. The molecule has 0 aliphatic heterocycles. The number of fused-ring (bicyclic) bond motifs is 4. The lowest BCUT2D eigenvalue weighted by Crippen LogP contribution is -2.38. The molecule has 2 saturated carbocycles. The lowest BCUT2D eigenvalue weighted by atomic mass is 9.85. The van der Waals surface area contributed by atoms with E-state index in [9.17, 15) is 26.8 Å². The maximum absolute atomic E-state index is 13.8. The minimum absolute atomic E-state index is 0.0434. The first-order valence-corrected chi connectivity index (χ1v) is 14.7. The smallest absolute Gasteiger partial charge is 0.263 e. The van der Waals surface area contributed by atoms with Gasteiger partial charge in [0.25, 0.3) is 11.8 Å². The van der Waals surface area contributed by atoms with Gasteiger partial charge in [0.2, 0.25) is 5.91 Å². The Hall–Kier alpha value is -3.33. The summed E-state index contributed by atoms with van der Waals surface area (Å²) >= 11 is 0. The number of rotatable bonds is 13. The Kier molecular flexibility index (Phi) is 9.48. The van der Waals surface area contributed by atoms with Gasteiger partial charge in [-0.05, 0) is 55.1 Å². The molecule has 3 aliphatic carbocycles. The van der Waals surface area contributed by atoms with Gasteiger partial charge in [0, 0.05) is 42.5 Å². The molecule has 1 N–H and O–H groups in total. The summed E-state index contributed by atoms with van der Waals surface area (Å²) in [7, 11) is -3.22. The molecule has 0 radical (unpaired) electrons. The highest BCUT2D eigenvalue weighted by Crippen LogP contribution is 2.55. The number of sulfone groups is 1. The van der Waals surface area contributed by atoms with E-state index in [1.54, 1.807) is 6.92 Å². The Morgan fingerprint density at radius 1 is 1.08 bits per heavy atom. The number of amides is 2. The van der Waals surface area contributed by atoms with E-state index in [2.05, 4.69) is 25.1 Å². The highest BCUT2D eigenvalue weighted by atomic mass is 32.2. The summed E-state index contributed by atoms with van der Waals surface area (Å²) in [5.41, 5.74) is 4.30. The minimum atomic E-state index is -3.22. The number of carbonyl (C=O) groups is 2. The average molecular weight is 559 g/mol. The van der Waals surface area contributed by atoms with Crippen molar-refractivity contribution in [1.29, 1.82) is 0 Å². The zero-order chi connectivity index (χ0) is 29.0. The molecular weight excluding hydrogens is 522 g/mol. The van der Waals surface area contributed by atoms with Gasteiger partial charge in [-0.3, -0.25) is 9.59 Å². The molecule has 3 rings (SSSR count). The van der Waals surface area contributed by atoms with Crippen LogP contribution >= 0.6 is 0 Å². The molecule has 2 amide bonds. The van der Waals surface area contributed by atoms with Crippen molar-refractivity contribution in [3.63, 3.8) is 0 Å². The fourth-order valence-electron chi connectivity index (χ4n) is 5.61. The van der Waals surface area contributed by atoms with Gasteiger partial charge in [-0.25, -0.2) is 17.2 Å². The van der Waals surface area contributed by atoms with Crippen LogP contribution < -0.4 is 5.32 Å². The Labute approximate surface area is 229 Å². The molecule has 0 atom stereocenters. The van der Waals surface area contributed by atoms with Gasteiger partial charge in [-0.1, -0.05) is 56.0 Å². The zero-order valence-corrected chi connectivity index (χ0v) is 23.3. The normalized spacial score (nSPS) is 21.2. The van der Waals surface area contributed by atoms with Crippen molar-refractivity contribution in [3.05, 3.63) is 96.0 Å². The second kappa shape index (κ2) is 12.2. The van der Waals surface area contributed by atoms with Crippen molar-refractivity contribution in [2.75, 3.05) is 12.3 Å². The minimum Gasteiger partial charge on any atom is -0.333 e. The molecule has 2 fully saturated rings. The standard InChI is InChI=1S/C30H36F2N2O4S/c1-6-9-11-20(4)34(19-30(5,31)32)29(36)21(7-2)12-10-17-33-27(35)18-26-22-13-14-23(26)25-16-15-24(22)28(25)39(37,38)8-3/h6-7,9-12,17,26,28H,1-2,4,8,13-16,18-19H2,3,5H3,(H,33,35)/b11-9-,17-10+,21-12+. The van der Waals surface area contributed by atoms with Crippen LogP contribution in [0.4, 0.5) is 8.78 Å². The molecule has 0 spiro atoms. The molecule has 9 heteroatoms. The van der Waals surface area contributed by atoms with Gasteiger partial charge in [-0.2, -0.15) is 0 Å². The third-order valence-electron chi connectivity index (χ3n) is 7.31. The van der Waals surface area contributed by atoms with Crippen LogP contribution in [0.3, 0.4) is 0 Å². The molecule has 0 aromatic carbocycles. The van der Waals surface area contributed by atoms with E-state index in [-0.39, 0.29) is 35.3 Å². The Morgan fingerprint density at radius 2 is 1.67 bits per heavy atom. The fourth-order valence-corrected chi connectivity index (χ4v) is 7.35. The topological polar surface area (TPSA) is 83.6 Å². The lowest BCUT2D eigenvalue weighted by molar-refractivity contribution is -0.128. The highest BCUT2D eigenvalue weighted by molar-refractivity contribution is 7.92. The maximum Gasteiger partial charge on any atom is 0.263 e. The van der Waals surface area contributed by atoms with Gasteiger partial charge in [0.15, 0.2) is 9.84 Å². The Bertz CT molecular complexity index is 1300. The van der Waals surface area contributed by atoms with Crippen LogP contribution in [0.15, 0.2) is 96.0 Å². The summed E-state index contributed by atoms with van der Waals surface area (Å²) < 4.78 is 52.9.